The number of carbonyl (C=O) groups is 3. The lowest BCUT2D eigenvalue weighted by Crippen LogP contribution is -2.30. The van der Waals surface area contributed by atoms with Crippen LogP contribution in [0, 0.1) is 0 Å². The van der Waals surface area contributed by atoms with Crippen LogP contribution in [0.3, 0.4) is 0 Å². The second kappa shape index (κ2) is 64.4. The first-order valence-electron chi connectivity index (χ1n) is 32.9. The average Bonchev–Trinajstić information content (AvgIpc) is 3.42. The fourth-order valence-corrected chi connectivity index (χ4v) is 9.53. The van der Waals surface area contributed by atoms with E-state index in [4.69, 9.17) is 14.2 Å². The lowest BCUT2D eigenvalue weighted by Gasteiger charge is -2.18. The van der Waals surface area contributed by atoms with Gasteiger partial charge < -0.3 is 14.2 Å². The van der Waals surface area contributed by atoms with Gasteiger partial charge in [-0.05, 0) is 89.9 Å². The first-order chi connectivity index (χ1) is 37.5. The van der Waals surface area contributed by atoms with Crippen LogP contribution in [0.5, 0.6) is 0 Å². The molecule has 0 aromatic heterocycles. The molecule has 0 heterocycles. The monoisotopic (exact) mass is 1060 g/mol. The molecule has 0 aliphatic carbocycles. The third-order valence-corrected chi connectivity index (χ3v) is 14.4. The largest absolute Gasteiger partial charge is 0.462 e. The Balaban J connectivity index is 4.39. The quantitative estimate of drug-likeness (QED) is 0.0261. The maximum atomic E-state index is 12.9. The molecule has 76 heavy (non-hydrogen) atoms. The molecule has 0 N–H and O–H groups in total. The highest BCUT2D eigenvalue weighted by atomic mass is 16.6. The van der Waals surface area contributed by atoms with E-state index in [0.29, 0.717) is 19.3 Å². The summed E-state index contributed by atoms with van der Waals surface area (Å²) in [5, 5.41) is 0. The Morgan fingerprint density at radius 2 is 0.513 bits per heavy atom. The molecule has 0 radical (unpaired) electrons. The van der Waals surface area contributed by atoms with Crippen LogP contribution < -0.4 is 0 Å². The summed E-state index contributed by atoms with van der Waals surface area (Å²) in [4.78, 5) is 38.4. The van der Waals surface area contributed by atoms with Crippen molar-refractivity contribution in [2.45, 2.75) is 341 Å². The van der Waals surface area contributed by atoms with Gasteiger partial charge in [-0.2, -0.15) is 0 Å². The number of hydrogen-bond donors (Lipinski definition) is 0. The number of ether oxygens (including phenoxy) is 3. The number of allylic oxidation sites excluding steroid dienone is 12. The van der Waals surface area contributed by atoms with Crippen molar-refractivity contribution < 1.29 is 28.6 Å². The van der Waals surface area contributed by atoms with Gasteiger partial charge in [0.25, 0.3) is 0 Å². The smallest absolute Gasteiger partial charge is 0.306 e. The maximum absolute atomic E-state index is 12.9. The van der Waals surface area contributed by atoms with Gasteiger partial charge in [0.2, 0.25) is 0 Å². The molecule has 1 atom stereocenters. The van der Waals surface area contributed by atoms with Crippen molar-refractivity contribution >= 4 is 17.9 Å². The minimum Gasteiger partial charge on any atom is -0.462 e. The van der Waals surface area contributed by atoms with Crippen molar-refractivity contribution in [3.05, 3.63) is 72.9 Å². The molecule has 0 bridgehead atoms. The Bertz CT molecular complexity index is 1400. The van der Waals surface area contributed by atoms with Crippen molar-refractivity contribution in [3.63, 3.8) is 0 Å². The Labute approximate surface area is 472 Å². The SMILES string of the molecule is CC/C=C\C/C=C\C/C=C\C/C=C\C/C=C\CCCCCCCC(=O)OCC(COC(=O)CCCCCCCCCCCCCCCCCC)OC(=O)CCCCCCCCCCC/C=C\CCCCCCCCCC. The van der Waals surface area contributed by atoms with E-state index in [1.54, 1.807) is 0 Å². The van der Waals surface area contributed by atoms with Crippen LogP contribution in [0.2, 0.25) is 0 Å². The van der Waals surface area contributed by atoms with Crippen LogP contribution >= 0.6 is 0 Å². The summed E-state index contributed by atoms with van der Waals surface area (Å²) in [6.07, 6.45) is 83.3. The predicted octanol–water partition coefficient (Wildman–Crippen LogP) is 22.5. The van der Waals surface area contributed by atoms with Gasteiger partial charge in [-0.25, -0.2) is 0 Å². The molecule has 0 saturated carbocycles. The maximum Gasteiger partial charge on any atom is 0.306 e. The molecular weight excluding hydrogens is 937 g/mol. The molecule has 6 heteroatoms. The zero-order chi connectivity index (χ0) is 55.0. The molecule has 0 aromatic rings. The van der Waals surface area contributed by atoms with Crippen LogP contribution in [0.1, 0.15) is 335 Å². The van der Waals surface area contributed by atoms with E-state index >= 15 is 0 Å². The molecule has 0 amide bonds. The summed E-state index contributed by atoms with van der Waals surface area (Å²) in [5.74, 6) is -0.882. The topological polar surface area (TPSA) is 78.9 Å². The second-order valence-corrected chi connectivity index (χ2v) is 22.0. The van der Waals surface area contributed by atoms with Crippen LogP contribution in [0.15, 0.2) is 72.9 Å². The Hall–Kier alpha value is -3.15. The first kappa shape index (κ1) is 72.8. The van der Waals surface area contributed by atoms with Gasteiger partial charge in [0.05, 0.1) is 0 Å². The van der Waals surface area contributed by atoms with E-state index in [2.05, 4.69) is 93.7 Å². The fraction of sp³-hybridized carbons (Fsp3) is 0.786. The molecule has 0 aromatic carbocycles. The van der Waals surface area contributed by atoms with Gasteiger partial charge in [0, 0.05) is 19.3 Å². The van der Waals surface area contributed by atoms with Gasteiger partial charge in [0.15, 0.2) is 6.10 Å². The molecule has 6 nitrogen and oxygen atoms in total. The number of rotatable bonds is 60. The Morgan fingerprint density at radius 1 is 0.276 bits per heavy atom. The molecule has 440 valence electrons. The normalized spacial score (nSPS) is 12.5. The molecule has 1 unspecified atom stereocenters. The van der Waals surface area contributed by atoms with E-state index in [-0.39, 0.29) is 31.1 Å². The van der Waals surface area contributed by atoms with Gasteiger partial charge in [-0.3, -0.25) is 14.4 Å². The zero-order valence-electron chi connectivity index (χ0n) is 50.5. The van der Waals surface area contributed by atoms with E-state index in [9.17, 15) is 14.4 Å². The Morgan fingerprint density at radius 3 is 0.816 bits per heavy atom. The van der Waals surface area contributed by atoms with Gasteiger partial charge in [-0.15, -0.1) is 0 Å². The standard InChI is InChI=1S/C70H124O6/c1-4-7-10-13-16-19-22-25-28-31-33-35-37-39-42-45-48-51-54-57-60-63-69(72)75-66-67(65-74-68(71)62-59-56-53-50-47-44-41-30-27-24-21-18-15-12-9-6-3)76-70(73)64-61-58-55-52-49-46-43-40-38-36-34-32-29-26-23-20-17-14-11-8-5-2/h7,10,16,19,25,28,32-35,39,42,67H,4-6,8-9,11-15,17-18,20-24,26-27,29-31,36-38,40-41,43-66H2,1-3H3/b10-7-,19-16-,28-25-,34-32-,35-33-,42-39-. The van der Waals surface area contributed by atoms with E-state index in [1.807, 2.05) is 0 Å². The second-order valence-electron chi connectivity index (χ2n) is 22.0. The zero-order valence-corrected chi connectivity index (χ0v) is 50.5. The third-order valence-electron chi connectivity index (χ3n) is 14.4. The molecule has 0 rings (SSSR count). The van der Waals surface area contributed by atoms with E-state index < -0.39 is 6.10 Å². The number of esters is 3. The number of hydrogen-bond acceptors (Lipinski definition) is 6. The van der Waals surface area contributed by atoms with Crippen molar-refractivity contribution in [1.82, 2.24) is 0 Å². The van der Waals surface area contributed by atoms with Gasteiger partial charge in [-0.1, -0.05) is 299 Å². The van der Waals surface area contributed by atoms with Crippen molar-refractivity contribution in [2.24, 2.45) is 0 Å². The van der Waals surface area contributed by atoms with Gasteiger partial charge in [0.1, 0.15) is 13.2 Å². The summed E-state index contributed by atoms with van der Waals surface area (Å²) < 4.78 is 17.0. The average molecular weight is 1060 g/mol. The molecule has 0 aliphatic heterocycles. The Kier molecular flexibility index (Phi) is 61.7. The lowest BCUT2D eigenvalue weighted by molar-refractivity contribution is -0.167. The summed E-state index contributed by atoms with van der Waals surface area (Å²) >= 11 is 0. The summed E-state index contributed by atoms with van der Waals surface area (Å²) in [5.41, 5.74) is 0. The van der Waals surface area contributed by atoms with Crippen LogP contribution in [0.4, 0.5) is 0 Å². The number of carbonyl (C=O) groups excluding carboxylic acids is 3. The van der Waals surface area contributed by atoms with Crippen LogP contribution in [-0.4, -0.2) is 37.2 Å². The fourth-order valence-electron chi connectivity index (χ4n) is 9.53. The summed E-state index contributed by atoms with van der Waals surface area (Å²) in [7, 11) is 0. The summed E-state index contributed by atoms with van der Waals surface area (Å²) in [6, 6.07) is 0. The van der Waals surface area contributed by atoms with Crippen LogP contribution in [-0.2, 0) is 28.6 Å². The lowest BCUT2D eigenvalue weighted by atomic mass is 10.0. The van der Waals surface area contributed by atoms with E-state index in [1.165, 1.54) is 186 Å². The van der Waals surface area contributed by atoms with Crippen molar-refractivity contribution in [1.29, 1.82) is 0 Å². The highest BCUT2D eigenvalue weighted by molar-refractivity contribution is 5.71. The summed E-state index contributed by atoms with van der Waals surface area (Å²) in [6.45, 7) is 6.56. The molecule has 0 spiro atoms. The van der Waals surface area contributed by atoms with Gasteiger partial charge >= 0.3 is 17.9 Å². The minimum absolute atomic E-state index is 0.0792. The molecular formula is C70H124O6. The van der Waals surface area contributed by atoms with Crippen molar-refractivity contribution in [2.75, 3.05) is 13.2 Å². The van der Waals surface area contributed by atoms with Crippen molar-refractivity contribution in [3.8, 4) is 0 Å². The predicted molar refractivity (Wildman–Crippen MR) is 330 cm³/mol. The third kappa shape index (κ3) is 61.7. The first-order valence-corrected chi connectivity index (χ1v) is 32.9. The number of unbranched alkanes of at least 4 members (excludes halogenated alkanes) is 37. The molecule has 0 aliphatic rings. The van der Waals surface area contributed by atoms with E-state index in [0.717, 1.165) is 109 Å². The van der Waals surface area contributed by atoms with Crippen LogP contribution in [0.25, 0.3) is 0 Å². The highest BCUT2D eigenvalue weighted by Gasteiger charge is 2.19. The highest BCUT2D eigenvalue weighted by Crippen LogP contribution is 2.17. The molecule has 0 saturated heterocycles. The molecule has 0 fully saturated rings. The minimum atomic E-state index is -0.785.